The van der Waals surface area contributed by atoms with Gasteiger partial charge < -0.3 is 19.5 Å². The van der Waals surface area contributed by atoms with Gasteiger partial charge in [-0.1, -0.05) is 30.3 Å². The quantitative estimate of drug-likeness (QED) is 0.681. The summed E-state index contributed by atoms with van der Waals surface area (Å²) in [5.41, 5.74) is 1.11. The number of rotatable bonds is 10. The highest BCUT2D eigenvalue weighted by atomic mass is 16.5. The van der Waals surface area contributed by atoms with Crippen LogP contribution >= 0.6 is 0 Å². The molecule has 5 heteroatoms. The highest BCUT2D eigenvalue weighted by molar-refractivity contribution is 5.77. The van der Waals surface area contributed by atoms with Crippen molar-refractivity contribution in [3.05, 3.63) is 60.2 Å². The Kier molecular flexibility index (Phi) is 7.63. The van der Waals surface area contributed by atoms with E-state index in [9.17, 15) is 4.79 Å². The van der Waals surface area contributed by atoms with Crippen LogP contribution in [0.3, 0.4) is 0 Å². The number of amides is 1. The Balaban J connectivity index is 1.69. The lowest BCUT2D eigenvalue weighted by Gasteiger charge is -2.09. The van der Waals surface area contributed by atoms with E-state index in [1.165, 1.54) is 0 Å². The van der Waals surface area contributed by atoms with Crippen LogP contribution in [0, 0.1) is 0 Å². The topological polar surface area (TPSA) is 56.8 Å². The van der Waals surface area contributed by atoms with Gasteiger partial charge in [-0.3, -0.25) is 4.79 Å². The smallest absolute Gasteiger partial charge is 0.257 e. The number of benzene rings is 2. The van der Waals surface area contributed by atoms with E-state index in [-0.39, 0.29) is 12.5 Å². The third kappa shape index (κ3) is 6.71. The number of nitrogens with one attached hydrogen (secondary N) is 1. The predicted octanol–water partition coefficient (Wildman–Crippen LogP) is 2.80. The highest BCUT2D eigenvalue weighted by Gasteiger charge is 2.03. The molecule has 0 heterocycles. The maximum absolute atomic E-state index is 11.6. The predicted molar refractivity (Wildman–Crippen MR) is 92.2 cm³/mol. The zero-order valence-corrected chi connectivity index (χ0v) is 13.9. The summed E-state index contributed by atoms with van der Waals surface area (Å²) in [6.45, 7) is 1.73. The number of hydrogen-bond donors (Lipinski definition) is 1. The molecule has 0 unspecified atom stereocenters. The van der Waals surface area contributed by atoms with Crippen molar-refractivity contribution >= 4 is 5.91 Å². The van der Waals surface area contributed by atoms with Crippen LogP contribution in [0.2, 0.25) is 0 Å². The second kappa shape index (κ2) is 10.3. The molecular formula is C19H23NO4. The fraction of sp³-hybridized carbons (Fsp3) is 0.316. The van der Waals surface area contributed by atoms with E-state index in [0.29, 0.717) is 25.5 Å². The summed E-state index contributed by atoms with van der Waals surface area (Å²) in [7, 11) is 1.64. The minimum absolute atomic E-state index is 0.00278. The lowest BCUT2D eigenvalue weighted by Crippen LogP contribution is -2.30. The van der Waals surface area contributed by atoms with Crippen molar-refractivity contribution in [2.75, 3.05) is 26.9 Å². The molecule has 5 nitrogen and oxygen atoms in total. The average molecular weight is 329 g/mol. The van der Waals surface area contributed by atoms with Gasteiger partial charge in [0.2, 0.25) is 0 Å². The Labute approximate surface area is 142 Å². The zero-order chi connectivity index (χ0) is 17.0. The minimum Gasteiger partial charge on any atom is -0.489 e. The fourth-order valence-corrected chi connectivity index (χ4v) is 2.02. The number of ether oxygens (including phenoxy) is 3. The Morgan fingerprint density at radius 2 is 1.62 bits per heavy atom. The van der Waals surface area contributed by atoms with Gasteiger partial charge in [-0.2, -0.15) is 0 Å². The van der Waals surface area contributed by atoms with Gasteiger partial charge in [0.15, 0.2) is 6.61 Å². The maximum Gasteiger partial charge on any atom is 0.257 e. The molecule has 0 saturated heterocycles. The molecule has 0 saturated carbocycles. The van der Waals surface area contributed by atoms with Crippen LogP contribution in [0.5, 0.6) is 11.5 Å². The fourth-order valence-electron chi connectivity index (χ4n) is 2.02. The van der Waals surface area contributed by atoms with Gasteiger partial charge in [0.05, 0.1) is 0 Å². The van der Waals surface area contributed by atoms with Gasteiger partial charge in [0.25, 0.3) is 5.91 Å². The van der Waals surface area contributed by atoms with Gasteiger partial charge in [-0.25, -0.2) is 0 Å². The summed E-state index contributed by atoms with van der Waals surface area (Å²) in [5, 5.41) is 2.77. The molecule has 0 spiro atoms. The third-order valence-electron chi connectivity index (χ3n) is 3.29. The van der Waals surface area contributed by atoms with Crippen LogP contribution in [-0.2, 0) is 16.1 Å². The molecule has 2 aromatic carbocycles. The van der Waals surface area contributed by atoms with E-state index in [1.807, 2.05) is 42.5 Å². The summed E-state index contributed by atoms with van der Waals surface area (Å²) in [4.78, 5) is 11.6. The molecule has 0 radical (unpaired) electrons. The summed E-state index contributed by atoms with van der Waals surface area (Å²) in [6, 6.07) is 17.2. The summed E-state index contributed by atoms with van der Waals surface area (Å²) in [5.74, 6) is 1.25. The van der Waals surface area contributed by atoms with E-state index in [4.69, 9.17) is 14.2 Å². The van der Waals surface area contributed by atoms with Crippen molar-refractivity contribution in [2.45, 2.75) is 13.0 Å². The first-order valence-corrected chi connectivity index (χ1v) is 7.93. The van der Waals surface area contributed by atoms with Crippen molar-refractivity contribution in [3.8, 4) is 11.5 Å². The molecule has 0 atom stereocenters. The minimum atomic E-state index is -0.143. The molecule has 1 amide bonds. The van der Waals surface area contributed by atoms with Crippen molar-refractivity contribution in [2.24, 2.45) is 0 Å². The summed E-state index contributed by atoms with van der Waals surface area (Å²) < 4.78 is 16.1. The first-order chi connectivity index (χ1) is 11.8. The van der Waals surface area contributed by atoms with Crippen molar-refractivity contribution < 1.29 is 19.0 Å². The van der Waals surface area contributed by atoms with Crippen molar-refractivity contribution in [3.63, 3.8) is 0 Å². The summed E-state index contributed by atoms with van der Waals surface area (Å²) in [6.07, 6.45) is 0.787. The van der Waals surface area contributed by atoms with Gasteiger partial charge >= 0.3 is 0 Å². The number of carbonyl (C=O) groups is 1. The van der Waals surface area contributed by atoms with Crippen molar-refractivity contribution in [1.29, 1.82) is 0 Å². The second-order valence-electron chi connectivity index (χ2n) is 5.23. The lowest BCUT2D eigenvalue weighted by atomic mass is 10.2. The van der Waals surface area contributed by atoms with E-state index < -0.39 is 0 Å². The molecule has 2 rings (SSSR count). The Morgan fingerprint density at radius 3 is 2.29 bits per heavy atom. The molecule has 24 heavy (non-hydrogen) atoms. The van der Waals surface area contributed by atoms with Crippen molar-refractivity contribution in [1.82, 2.24) is 5.32 Å². The average Bonchev–Trinajstić information content (AvgIpc) is 2.63. The van der Waals surface area contributed by atoms with Gasteiger partial charge in [0, 0.05) is 20.3 Å². The van der Waals surface area contributed by atoms with Crippen LogP contribution < -0.4 is 14.8 Å². The number of methoxy groups -OCH3 is 1. The first kappa shape index (κ1) is 17.8. The zero-order valence-electron chi connectivity index (χ0n) is 13.9. The SMILES string of the molecule is COCCCNC(=O)COc1ccc(OCc2ccccc2)cc1. The maximum atomic E-state index is 11.6. The van der Waals surface area contributed by atoms with E-state index >= 15 is 0 Å². The lowest BCUT2D eigenvalue weighted by molar-refractivity contribution is -0.123. The van der Waals surface area contributed by atoms with E-state index in [1.54, 1.807) is 19.2 Å². The van der Waals surface area contributed by atoms with Crippen LogP contribution in [0.1, 0.15) is 12.0 Å². The molecule has 0 bridgehead atoms. The number of carbonyl (C=O) groups excluding carboxylic acids is 1. The highest BCUT2D eigenvalue weighted by Crippen LogP contribution is 2.18. The van der Waals surface area contributed by atoms with E-state index in [2.05, 4.69) is 5.32 Å². The monoisotopic (exact) mass is 329 g/mol. The molecule has 0 aliphatic heterocycles. The molecule has 0 aliphatic rings. The van der Waals surface area contributed by atoms with E-state index in [0.717, 1.165) is 17.7 Å². The molecule has 0 aromatic heterocycles. The Morgan fingerprint density at radius 1 is 0.958 bits per heavy atom. The third-order valence-corrected chi connectivity index (χ3v) is 3.29. The number of hydrogen-bond acceptors (Lipinski definition) is 4. The Hall–Kier alpha value is -2.53. The summed E-state index contributed by atoms with van der Waals surface area (Å²) >= 11 is 0. The first-order valence-electron chi connectivity index (χ1n) is 7.93. The normalized spacial score (nSPS) is 10.2. The van der Waals surface area contributed by atoms with Crippen LogP contribution in [-0.4, -0.2) is 32.8 Å². The molecule has 2 aromatic rings. The van der Waals surface area contributed by atoms with Crippen LogP contribution in [0.15, 0.2) is 54.6 Å². The Bertz CT molecular complexity index is 599. The molecule has 0 fully saturated rings. The van der Waals surface area contributed by atoms with Gasteiger partial charge in [0.1, 0.15) is 18.1 Å². The molecular weight excluding hydrogens is 306 g/mol. The van der Waals surface area contributed by atoms with Gasteiger partial charge in [-0.05, 0) is 36.2 Å². The molecule has 1 N–H and O–H groups in total. The molecule has 128 valence electrons. The van der Waals surface area contributed by atoms with Gasteiger partial charge in [-0.15, -0.1) is 0 Å². The molecule has 0 aliphatic carbocycles. The largest absolute Gasteiger partial charge is 0.489 e. The second-order valence-corrected chi connectivity index (χ2v) is 5.23. The van der Waals surface area contributed by atoms with Crippen LogP contribution in [0.25, 0.3) is 0 Å². The standard InChI is InChI=1S/C19H23NO4/c1-22-13-5-12-20-19(21)15-24-18-10-8-17(9-11-18)23-14-16-6-3-2-4-7-16/h2-4,6-11H,5,12-15H2,1H3,(H,20,21). The van der Waals surface area contributed by atoms with Crippen LogP contribution in [0.4, 0.5) is 0 Å².